The summed E-state index contributed by atoms with van der Waals surface area (Å²) in [5.41, 5.74) is 7.34. The summed E-state index contributed by atoms with van der Waals surface area (Å²) in [6.45, 7) is 3.63. The third-order valence-corrected chi connectivity index (χ3v) is 10.1. The molecule has 6 aromatic carbocycles. The van der Waals surface area contributed by atoms with Gasteiger partial charge in [-0.25, -0.2) is 9.97 Å². The molecule has 8 aromatic rings. The van der Waals surface area contributed by atoms with Gasteiger partial charge in [-0.15, -0.1) is 0 Å². The number of fused-ring (bicyclic) bond motifs is 4. The second-order valence-electron chi connectivity index (χ2n) is 11.6. The Hall–Kier alpha value is -3.96. The molecule has 8 rings (SSSR count). The van der Waals surface area contributed by atoms with Gasteiger partial charge in [0.25, 0.3) is 0 Å². The van der Waals surface area contributed by atoms with Gasteiger partial charge < -0.3 is 22.6 Å². The summed E-state index contributed by atoms with van der Waals surface area (Å²) in [7, 11) is 0. The second-order valence-corrected chi connectivity index (χ2v) is 13.3. The van der Waals surface area contributed by atoms with E-state index in [-0.39, 0.29) is 41.3 Å². The van der Waals surface area contributed by atoms with E-state index in [1.54, 1.807) is 0 Å². The van der Waals surface area contributed by atoms with Crippen LogP contribution < -0.4 is 22.6 Å². The quantitative estimate of drug-likeness (QED) is 0.181. The number of aromatic nitrogens is 2. The molecule has 0 amide bonds. The molecule has 0 aliphatic carbocycles. The number of aryl methyl sites for hydroxylation is 2. The van der Waals surface area contributed by atoms with Crippen LogP contribution in [0.1, 0.15) is 11.1 Å². The van der Waals surface area contributed by atoms with Crippen molar-refractivity contribution in [2.24, 2.45) is 0 Å². The first-order valence-electron chi connectivity index (χ1n) is 14.9. The molecule has 0 bridgehead atoms. The largest absolute Gasteiger partial charge is 3.00 e. The van der Waals surface area contributed by atoms with E-state index in [9.17, 15) is 10.2 Å². The van der Waals surface area contributed by atoms with Gasteiger partial charge in [-0.3, -0.25) is 0 Å². The van der Waals surface area contributed by atoms with E-state index in [0.717, 1.165) is 63.5 Å². The summed E-state index contributed by atoms with van der Waals surface area (Å²) in [5, 5.41) is 32.4. The predicted octanol–water partition coefficient (Wildman–Crippen LogP) is 7.00. The van der Waals surface area contributed by atoms with Crippen molar-refractivity contribution in [3.8, 4) is 45.1 Å². The predicted molar refractivity (Wildman–Crippen MR) is 198 cm³/mol. The number of hydrogen-bond donors (Lipinski definition) is 0. The molecule has 0 radical (unpaired) electrons. The smallest absolute Gasteiger partial charge is 1.00 e. The molecule has 0 unspecified atom stereocenters. The van der Waals surface area contributed by atoms with Crippen molar-refractivity contribution in [1.82, 2.24) is 9.97 Å². The topological polar surface area (TPSA) is 71.9 Å². The van der Waals surface area contributed by atoms with Gasteiger partial charge in [0.15, 0.2) is 0 Å². The monoisotopic (exact) mass is 784 g/mol. The number of benzene rings is 6. The van der Waals surface area contributed by atoms with Crippen LogP contribution in [0.25, 0.3) is 77.0 Å². The standard InChI is InChI=1S/C40H26Br2N2O2.Al.ClH/c1-21-19-31(41)27-15-17-33(43-37(27)39(21)45)29-13-11-23-7-3-5-9-25(23)35(29)36-26-10-6-4-8-24(26)12-14-30(36)34-18-16-28-32(42)20-22(2)40(46)38(28)44-34;;/h3-20,45-46H,1-2H3;;1H/q;+3;/p-3. The van der Waals surface area contributed by atoms with Crippen LogP contribution in [0.4, 0.5) is 0 Å². The van der Waals surface area contributed by atoms with Crippen molar-refractivity contribution in [2.75, 3.05) is 0 Å². The zero-order chi connectivity index (χ0) is 31.7. The minimum atomic E-state index is -0.0801. The molecule has 4 nitrogen and oxygen atoms in total. The Morgan fingerprint density at radius 3 is 1.31 bits per heavy atom. The van der Waals surface area contributed by atoms with Crippen molar-refractivity contribution < 1.29 is 22.6 Å². The number of nitrogens with zero attached hydrogens (tertiary/aromatic N) is 2. The fourth-order valence-electron chi connectivity index (χ4n) is 6.50. The Balaban J connectivity index is 0.00000201. The first-order chi connectivity index (χ1) is 22.3. The molecular weight excluding hydrogens is 763 g/mol. The maximum Gasteiger partial charge on any atom is 3.00 e. The molecule has 0 saturated carbocycles. The van der Waals surface area contributed by atoms with E-state index in [1.807, 2.05) is 74.5 Å². The first kappa shape index (κ1) is 33.9. The van der Waals surface area contributed by atoms with Crippen molar-refractivity contribution >= 4 is 92.6 Å². The van der Waals surface area contributed by atoms with Gasteiger partial charge in [0.05, 0.1) is 22.4 Å². The number of halogens is 3. The minimum absolute atomic E-state index is 0. The Labute approximate surface area is 311 Å². The average molecular weight is 787 g/mol. The maximum absolute atomic E-state index is 13.3. The van der Waals surface area contributed by atoms with E-state index < -0.39 is 0 Å². The minimum Gasteiger partial charge on any atom is -1.00 e. The molecule has 0 aliphatic heterocycles. The van der Waals surface area contributed by atoms with Gasteiger partial charge in [0.1, 0.15) is 0 Å². The van der Waals surface area contributed by atoms with E-state index in [0.29, 0.717) is 33.5 Å². The van der Waals surface area contributed by atoms with Gasteiger partial charge in [-0.1, -0.05) is 127 Å². The molecule has 0 fully saturated rings. The average Bonchev–Trinajstić information content (AvgIpc) is 3.08. The van der Waals surface area contributed by atoms with Crippen molar-refractivity contribution in [3.63, 3.8) is 0 Å². The third kappa shape index (κ3) is 5.45. The number of pyridine rings is 2. The Morgan fingerprint density at radius 1 is 0.500 bits per heavy atom. The molecule has 2 heterocycles. The molecule has 230 valence electrons. The van der Waals surface area contributed by atoms with Gasteiger partial charge in [-0.2, -0.15) is 0 Å². The summed E-state index contributed by atoms with van der Waals surface area (Å²) in [6, 6.07) is 36.6. The van der Waals surface area contributed by atoms with Crippen LogP contribution in [-0.4, -0.2) is 27.3 Å². The third-order valence-electron chi connectivity index (χ3n) is 8.80. The summed E-state index contributed by atoms with van der Waals surface area (Å²) >= 11 is 7.26. The van der Waals surface area contributed by atoms with Crippen LogP contribution in [-0.2, 0) is 0 Å². The van der Waals surface area contributed by atoms with Crippen molar-refractivity contribution in [2.45, 2.75) is 13.8 Å². The SMILES string of the molecule is Cc1cc(Br)c2ccc(-c3ccc4ccccc4c3-c3c(-c4ccc5c(Br)cc(C)c([O-])c5n4)ccc4ccccc34)nc2c1[O-].[Al+3].[Cl-]. The van der Waals surface area contributed by atoms with Crippen LogP contribution in [0.15, 0.2) is 118 Å². The zero-order valence-corrected chi connectivity index (χ0v) is 30.9. The molecule has 0 N–H and O–H groups in total. The van der Waals surface area contributed by atoms with Crippen molar-refractivity contribution in [3.05, 3.63) is 129 Å². The van der Waals surface area contributed by atoms with E-state index >= 15 is 0 Å². The Bertz CT molecular complexity index is 2400. The molecule has 2 aromatic heterocycles. The van der Waals surface area contributed by atoms with E-state index in [1.165, 1.54) is 0 Å². The van der Waals surface area contributed by atoms with Crippen LogP contribution in [0.3, 0.4) is 0 Å². The summed E-state index contributed by atoms with van der Waals surface area (Å²) in [5.74, 6) is -0.160. The van der Waals surface area contributed by atoms with Crippen LogP contribution >= 0.6 is 31.9 Å². The summed E-state index contributed by atoms with van der Waals surface area (Å²) in [4.78, 5) is 10.0. The van der Waals surface area contributed by atoms with Gasteiger partial charge in [0.2, 0.25) is 0 Å². The van der Waals surface area contributed by atoms with Crippen molar-refractivity contribution in [1.29, 1.82) is 0 Å². The maximum atomic E-state index is 13.3. The van der Waals surface area contributed by atoms with Gasteiger partial charge in [0, 0.05) is 42.0 Å². The van der Waals surface area contributed by atoms with Gasteiger partial charge in [-0.05, 0) is 71.8 Å². The fourth-order valence-corrected chi connectivity index (χ4v) is 7.83. The van der Waals surface area contributed by atoms with E-state index in [4.69, 9.17) is 9.97 Å². The molecule has 0 saturated heterocycles. The normalized spacial score (nSPS) is 11.2. The molecule has 48 heavy (non-hydrogen) atoms. The molecule has 0 spiro atoms. The Kier molecular flexibility index (Phi) is 9.30. The number of hydrogen-bond acceptors (Lipinski definition) is 4. The first-order valence-corrected chi connectivity index (χ1v) is 16.5. The van der Waals surface area contributed by atoms with E-state index in [2.05, 4.69) is 80.4 Å². The summed E-state index contributed by atoms with van der Waals surface area (Å²) in [6.07, 6.45) is 0. The van der Waals surface area contributed by atoms with Crippen LogP contribution in [0, 0.1) is 13.8 Å². The second kappa shape index (κ2) is 13.2. The molecule has 0 atom stereocenters. The Morgan fingerprint density at radius 2 is 0.896 bits per heavy atom. The van der Waals surface area contributed by atoms with Gasteiger partial charge >= 0.3 is 17.4 Å². The summed E-state index contributed by atoms with van der Waals surface area (Å²) < 4.78 is 1.69. The number of rotatable bonds is 3. The molecular formula is C40H24AlBr2ClN2O2. The zero-order valence-electron chi connectivity index (χ0n) is 25.8. The fraction of sp³-hybridized carbons (Fsp3) is 0.0500. The molecule has 8 heteroatoms. The van der Waals surface area contributed by atoms with Crippen LogP contribution in [0.5, 0.6) is 11.5 Å². The molecule has 0 aliphatic rings. The van der Waals surface area contributed by atoms with Crippen LogP contribution in [0.2, 0.25) is 0 Å².